The standard InChI is InChI=1S/C18H12FN5S/c1-23-9-14(13-3-2-8-20-16(13)23)17-22-24-10-15(21-18(24)25-17)11-4-6-12(19)7-5-11/h2-10H,1H3. The second-order valence-electron chi connectivity index (χ2n) is 5.80. The second kappa shape index (κ2) is 5.22. The van der Waals surface area contributed by atoms with Gasteiger partial charge in [-0.1, -0.05) is 11.3 Å². The summed E-state index contributed by atoms with van der Waals surface area (Å²) in [5.41, 5.74) is 3.63. The van der Waals surface area contributed by atoms with Crippen LogP contribution < -0.4 is 0 Å². The molecule has 5 nitrogen and oxygen atoms in total. The van der Waals surface area contributed by atoms with Gasteiger partial charge >= 0.3 is 0 Å². The van der Waals surface area contributed by atoms with E-state index < -0.39 is 0 Å². The zero-order chi connectivity index (χ0) is 17.0. The highest BCUT2D eigenvalue weighted by Gasteiger charge is 2.15. The molecule has 4 aromatic heterocycles. The van der Waals surface area contributed by atoms with Crippen molar-refractivity contribution < 1.29 is 4.39 Å². The van der Waals surface area contributed by atoms with Crippen LogP contribution in [0.4, 0.5) is 4.39 Å². The lowest BCUT2D eigenvalue weighted by atomic mass is 10.2. The molecular formula is C18H12FN5S. The summed E-state index contributed by atoms with van der Waals surface area (Å²) in [5.74, 6) is -0.255. The normalized spacial score (nSPS) is 11.6. The van der Waals surface area contributed by atoms with Crippen molar-refractivity contribution in [2.75, 3.05) is 0 Å². The van der Waals surface area contributed by atoms with E-state index in [2.05, 4.69) is 15.1 Å². The second-order valence-corrected chi connectivity index (χ2v) is 6.75. The average Bonchev–Trinajstić information content (AvgIpc) is 3.27. The molecule has 5 aromatic rings. The van der Waals surface area contributed by atoms with Crippen LogP contribution in [0, 0.1) is 5.82 Å². The van der Waals surface area contributed by atoms with E-state index in [1.165, 1.54) is 23.5 Å². The molecule has 0 radical (unpaired) electrons. The summed E-state index contributed by atoms with van der Waals surface area (Å²) in [5, 5.41) is 6.63. The van der Waals surface area contributed by atoms with Gasteiger partial charge in [-0.25, -0.2) is 18.9 Å². The molecule has 5 rings (SSSR count). The van der Waals surface area contributed by atoms with Gasteiger partial charge in [-0.05, 0) is 36.4 Å². The third-order valence-corrected chi connectivity index (χ3v) is 5.10. The van der Waals surface area contributed by atoms with Crippen LogP contribution >= 0.6 is 11.3 Å². The van der Waals surface area contributed by atoms with Gasteiger partial charge in [-0.3, -0.25) is 0 Å². The number of pyridine rings is 1. The molecule has 0 spiro atoms. The Morgan fingerprint density at radius 2 is 1.92 bits per heavy atom. The highest BCUT2D eigenvalue weighted by Crippen LogP contribution is 2.33. The van der Waals surface area contributed by atoms with Crippen LogP contribution in [-0.4, -0.2) is 24.1 Å². The maximum absolute atomic E-state index is 13.1. The molecule has 0 aliphatic carbocycles. The maximum Gasteiger partial charge on any atom is 0.213 e. The number of aromatic nitrogens is 5. The number of imidazole rings is 1. The van der Waals surface area contributed by atoms with E-state index in [-0.39, 0.29) is 5.82 Å². The topological polar surface area (TPSA) is 48.0 Å². The fourth-order valence-corrected chi connectivity index (χ4v) is 3.86. The largest absolute Gasteiger partial charge is 0.335 e. The number of hydrogen-bond acceptors (Lipinski definition) is 4. The lowest BCUT2D eigenvalue weighted by Crippen LogP contribution is -1.85. The SMILES string of the molecule is Cn1cc(-c2nn3cc(-c4ccc(F)cc4)nc3s2)c2cccnc21. The maximum atomic E-state index is 13.1. The smallest absolute Gasteiger partial charge is 0.213 e. The van der Waals surface area contributed by atoms with Crippen molar-refractivity contribution in [3.8, 4) is 21.8 Å². The van der Waals surface area contributed by atoms with Gasteiger partial charge < -0.3 is 4.57 Å². The van der Waals surface area contributed by atoms with E-state index in [0.29, 0.717) is 0 Å². The predicted molar refractivity (Wildman–Crippen MR) is 96.0 cm³/mol. The third kappa shape index (κ3) is 2.24. The van der Waals surface area contributed by atoms with Gasteiger partial charge in [0.05, 0.1) is 11.9 Å². The number of aryl methyl sites for hydroxylation is 1. The van der Waals surface area contributed by atoms with Crippen LogP contribution in [0.1, 0.15) is 0 Å². The summed E-state index contributed by atoms with van der Waals surface area (Å²) in [7, 11) is 1.98. The zero-order valence-electron chi connectivity index (χ0n) is 13.2. The first-order valence-corrected chi connectivity index (χ1v) is 8.53. The number of hydrogen-bond donors (Lipinski definition) is 0. The van der Waals surface area contributed by atoms with Gasteiger partial charge in [-0.15, -0.1) is 0 Å². The van der Waals surface area contributed by atoms with Crippen LogP contribution in [0.25, 0.3) is 37.8 Å². The summed E-state index contributed by atoms with van der Waals surface area (Å²) in [6.07, 6.45) is 5.69. The molecule has 0 N–H and O–H groups in total. The highest BCUT2D eigenvalue weighted by atomic mass is 32.1. The number of nitrogens with zero attached hydrogens (tertiary/aromatic N) is 5. The van der Waals surface area contributed by atoms with Crippen molar-refractivity contribution in [1.82, 2.24) is 24.1 Å². The van der Waals surface area contributed by atoms with Crippen molar-refractivity contribution in [2.45, 2.75) is 0 Å². The molecule has 1 aromatic carbocycles. The van der Waals surface area contributed by atoms with Gasteiger partial charge in [0, 0.05) is 36.0 Å². The fourth-order valence-electron chi connectivity index (χ4n) is 2.95. The van der Waals surface area contributed by atoms with Gasteiger partial charge in [0.25, 0.3) is 0 Å². The summed E-state index contributed by atoms with van der Waals surface area (Å²) in [4.78, 5) is 9.84. The van der Waals surface area contributed by atoms with E-state index >= 15 is 0 Å². The minimum Gasteiger partial charge on any atom is -0.335 e. The van der Waals surface area contributed by atoms with Gasteiger partial charge in [0.15, 0.2) is 0 Å². The first-order chi connectivity index (χ1) is 12.2. The average molecular weight is 349 g/mol. The van der Waals surface area contributed by atoms with Crippen LogP contribution in [0.2, 0.25) is 0 Å². The molecule has 0 aliphatic rings. The molecule has 0 atom stereocenters. The number of halogens is 1. The molecule has 25 heavy (non-hydrogen) atoms. The van der Waals surface area contributed by atoms with Gasteiger partial charge in [0.2, 0.25) is 4.96 Å². The van der Waals surface area contributed by atoms with E-state index in [4.69, 9.17) is 0 Å². The Morgan fingerprint density at radius 1 is 1.08 bits per heavy atom. The molecule has 0 aliphatic heterocycles. The number of fused-ring (bicyclic) bond motifs is 2. The van der Waals surface area contributed by atoms with Crippen molar-refractivity contribution in [2.24, 2.45) is 7.05 Å². The number of rotatable bonds is 2. The number of benzene rings is 1. The Balaban J connectivity index is 1.61. The lowest BCUT2D eigenvalue weighted by Gasteiger charge is -1.95. The van der Waals surface area contributed by atoms with Crippen LogP contribution in [-0.2, 0) is 7.05 Å². The van der Waals surface area contributed by atoms with E-state index in [1.54, 1.807) is 22.8 Å². The third-order valence-electron chi connectivity index (χ3n) is 4.15. The Kier molecular flexibility index (Phi) is 2.98. The minimum absolute atomic E-state index is 0.255. The van der Waals surface area contributed by atoms with Crippen LogP contribution in [0.5, 0.6) is 0 Å². The fraction of sp³-hybridized carbons (Fsp3) is 0.0556. The van der Waals surface area contributed by atoms with Crippen LogP contribution in [0.15, 0.2) is 55.0 Å². The van der Waals surface area contributed by atoms with Crippen molar-refractivity contribution in [1.29, 1.82) is 0 Å². The molecule has 0 saturated carbocycles. The van der Waals surface area contributed by atoms with Crippen LogP contribution in [0.3, 0.4) is 0 Å². The van der Waals surface area contributed by atoms with Gasteiger partial charge in [0.1, 0.15) is 16.5 Å². The summed E-state index contributed by atoms with van der Waals surface area (Å²) >= 11 is 1.52. The monoisotopic (exact) mass is 349 g/mol. The molecule has 0 bridgehead atoms. The lowest BCUT2D eigenvalue weighted by molar-refractivity contribution is 0.628. The molecule has 0 fully saturated rings. The Bertz CT molecular complexity index is 1180. The molecule has 0 saturated heterocycles. The zero-order valence-corrected chi connectivity index (χ0v) is 14.0. The molecule has 0 unspecified atom stereocenters. The van der Waals surface area contributed by atoms with Crippen molar-refractivity contribution >= 4 is 27.3 Å². The molecule has 122 valence electrons. The van der Waals surface area contributed by atoms with Crippen molar-refractivity contribution in [3.05, 3.63) is 60.8 Å². The van der Waals surface area contributed by atoms with Gasteiger partial charge in [-0.2, -0.15) is 5.10 Å². The summed E-state index contributed by atoms with van der Waals surface area (Å²) in [6.45, 7) is 0. The molecular weight excluding hydrogens is 337 g/mol. The molecule has 7 heteroatoms. The first-order valence-electron chi connectivity index (χ1n) is 7.71. The predicted octanol–water partition coefficient (Wildman–Crippen LogP) is 4.15. The molecule has 4 heterocycles. The van der Waals surface area contributed by atoms with Crippen molar-refractivity contribution in [3.63, 3.8) is 0 Å². The Labute approximate surface area is 146 Å². The quantitative estimate of drug-likeness (QED) is 0.481. The van der Waals surface area contributed by atoms with E-state index in [0.717, 1.165) is 37.8 Å². The Hall–Kier alpha value is -3.06. The Morgan fingerprint density at radius 3 is 2.72 bits per heavy atom. The van der Waals surface area contributed by atoms with E-state index in [9.17, 15) is 4.39 Å². The summed E-state index contributed by atoms with van der Waals surface area (Å²) in [6, 6.07) is 10.3. The van der Waals surface area contributed by atoms with E-state index in [1.807, 2.05) is 36.1 Å². The first kappa shape index (κ1) is 14.3. The summed E-state index contributed by atoms with van der Waals surface area (Å²) < 4.78 is 16.8. The molecule has 0 amide bonds. The highest BCUT2D eigenvalue weighted by molar-refractivity contribution is 7.20. The minimum atomic E-state index is -0.255.